The van der Waals surface area contributed by atoms with Gasteiger partial charge in [0.2, 0.25) is 0 Å². The van der Waals surface area contributed by atoms with Gasteiger partial charge in [0.1, 0.15) is 0 Å². The van der Waals surface area contributed by atoms with Crippen LogP contribution in [0.5, 0.6) is 0 Å². The largest absolute Gasteiger partial charge is 0.375 e. The van der Waals surface area contributed by atoms with Gasteiger partial charge in [-0.1, -0.05) is 6.92 Å². The van der Waals surface area contributed by atoms with Gasteiger partial charge in [-0.25, -0.2) is 0 Å². The smallest absolute Gasteiger partial charge is 0.159 e. The van der Waals surface area contributed by atoms with Gasteiger partial charge in [0.25, 0.3) is 0 Å². The Bertz CT molecular complexity index is 232. The molecule has 2 atom stereocenters. The van der Waals surface area contributed by atoms with Crippen molar-refractivity contribution in [3.8, 4) is 6.07 Å². The maximum absolute atomic E-state index is 9.17. The van der Waals surface area contributed by atoms with Crippen LogP contribution in [-0.2, 0) is 9.47 Å². The van der Waals surface area contributed by atoms with Crippen molar-refractivity contribution < 1.29 is 9.47 Å². The third-order valence-corrected chi connectivity index (χ3v) is 2.99. The number of hydrogen-bond donors (Lipinski definition) is 0. The van der Waals surface area contributed by atoms with E-state index in [-0.39, 0.29) is 5.60 Å². The molecule has 1 heterocycles. The van der Waals surface area contributed by atoms with E-state index in [2.05, 4.69) is 19.9 Å². The highest BCUT2D eigenvalue weighted by Gasteiger charge is 2.43. The van der Waals surface area contributed by atoms with E-state index < -0.39 is 5.60 Å². The lowest BCUT2D eigenvalue weighted by molar-refractivity contribution is -0.152. The Hall–Kier alpha value is -0.590. The second-order valence-corrected chi connectivity index (χ2v) is 4.12. The van der Waals surface area contributed by atoms with E-state index in [9.17, 15) is 0 Å². The third-order valence-electron chi connectivity index (χ3n) is 2.99. The lowest BCUT2D eigenvalue weighted by Gasteiger charge is -2.41. The predicted molar refractivity (Wildman–Crippen MR) is 53.9 cm³/mol. The first-order valence-electron chi connectivity index (χ1n) is 5.29. The molecule has 0 aromatic heterocycles. The van der Waals surface area contributed by atoms with Gasteiger partial charge in [-0.3, -0.25) is 0 Å². The van der Waals surface area contributed by atoms with Crippen LogP contribution in [-0.4, -0.2) is 24.4 Å². The topological polar surface area (TPSA) is 42.2 Å². The Morgan fingerprint density at radius 1 is 1.50 bits per heavy atom. The number of nitrogens with zero attached hydrogens (tertiary/aromatic N) is 1. The molecule has 1 saturated heterocycles. The van der Waals surface area contributed by atoms with Gasteiger partial charge in [0, 0.05) is 19.4 Å². The molecular weight excluding hydrogens is 178 g/mol. The third kappa shape index (κ3) is 2.26. The van der Waals surface area contributed by atoms with Crippen molar-refractivity contribution in [2.75, 3.05) is 13.2 Å². The van der Waals surface area contributed by atoms with Crippen molar-refractivity contribution in [3.05, 3.63) is 0 Å². The van der Waals surface area contributed by atoms with Crippen LogP contribution < -0.4 is 0 Å². The summed E-state index contributed by atoms with van der Waals surface area (Å²) in [5.74, 6) is 0. The van der Waals surface area contributed by atoms with Gasteiger partial charge in [0.05, 0.1) is 18.3 Å². The summed E-state index contributed by atoms with van der Waals surface area (Å²) >= 11 is 0. The van der Waals surface area contributed by atoms with Crippen molar-refractivity contribution in [1.29, 1.82) is 5.26 Å². The second kappa shape index (κ2) is 4.29. The molecule has 2 unspecified atom stereocenters. The molecule has 0 radical (unpaired) electrons. The molecule has 0 amide bonds. The molecule has 0 spiro atoms. The lowest BCUT2D eigenvalue weighted by Crippen LogP contribution is -2.48. The van der Waals surface area contributed by atoms with E-state index in [1.807, 2.05) is 6.92 Å². The van der Waals surface area contributed by atoms with Crippen LogP contribution in [0.2, 0.25) is 0 Å². The Labute approximate surface area is 86.0 Å². The quantitative estimate of drug-likeness (QED) is 0.697. The fourth-order valence-corrected chi connectivity index (χ4v) is 1.96. The van der Waals surface area contributed by atoms with E-state index in [1.165, 1.54) is 0 Å². The van der Waals surface area contributed by atoms with Crippen LogP contribution in [0.1, 0.15) is 40.0 Å². The molecule has 0 saturated carbocycles. The Balaban J connectivity index is 2.75. The molecular formula is C11H19NO2. The zero-order valence-electron chi connectivity index (χ0n) is 9.30. The maximum Gasteiger partial charge on any atom is 0.159 e. The van der Waals surface area contributed by atoms with E-state index in [0.29, 0.717) is 26.1 Å². The molecule has 3 heteroatoms. The maximum atomic E-state index is 9.17. The summed E-state index contributed by atoms with van der Waals surface area (Å²) in [6.07, 6.45) is 2.29. The van der Waals surface area contributed by atoms with Gasteiger partial charge in [-0.15, -0.1) is 0 Å². The summed E-state index contributed by atoms with van der Waals surface area (Å²) in [6.45, 7) is 7.28. The lowest BCUT2D eigenvalue weighted by atomic mass is 9.82. The van der Waals surface area contributed by atoms with E-state index in [0.717, 1.165) is 6.42 Å². The summed E-state index contributed by atoms with van der Waals surface area (Å²) in [6, 6.07) is 2.31. The molecule has 0 bridgehead atoms. The molecule has 80 valence electrons. The van der Waals surface area contributed by atoms with Crippen LogP contribution in [0.25, 0.3) is 0 Å². The Morgan fingerprint density at radius 3 is 2.71 bits per heavy atom. The Morgan fingerprint density at radius 2 is 2.21 bits per heavy atom. The summed E-state index contributed by atoms with van der Waals surface area (Å²) in [5, 5.41) is 9.17. The fraction of sp³-hybridized carbons (Fsp3) is 0.909. The molecule has 1 fully saturated rings. The zero-order valence-corrected chi connectivity index (χ0v) is 9.30. The van der Waals surface area contributed by atoms with Crippen molar-refractivity contribution in [3.63, 3.8) is 0 Å². The molecule has 0 N–H and O–H groups in total. The van der Waals surface area contributed by atoms with Gasteiger partial charge in [-0.05, 0) is 20.3 Å². The molecule has 0 aromatic carbocycles. The van der Waals surface area contributed by atoms with E-state index >= 15 is 0 Å². The van der Waals surface area contributed by atoms with Crippen molar-refractivity contribution >= 4 is 0 Å². The molecule has 1 aliphatic rings. The van der Waals surface area contributed by atoms with Crippen molar-refractivity contribution in [1.82, 2.24) is 0 Å². The number of hydrogen-bond acceptors (Lipinski definition) is 3. The number of ether oxygens (including phenoxy) is 2. The second-order valence-electron chi connectivity index (χ2n) is 4.12. The monoisotopic (exact) mass is 197 g/mol. The first-order valence-corrected chi connectivity index (χ1v) is 5.29. The van der Waals surface area contributed by atoms with E-state index in [1.54, 1.807) is 0 Å². The standard InChI is InChI=1S/C11H19NO2/c1-4-10(3)8-11(9-12,13-5-2)6-7-14-10/h4-8H2,1-3H3. The van der Waals surface area contributed by atoms with Gasteiger partial charge >= 0.3 is 0 Å². The van der Waals surface area contributed by atoms with E-state index in [4.69, 9.17) is 14.7 Å². The summed E-state index contributed by atoms with van der Waals surface area (Å²) in [5.41, 5.74) is -0.805. The van der Waals surface area contributed by atoms with Crippen LogP contribution in [0.3, 0.4) is 0 Å². The highest BCUT2D eigenvalue weighted by molar-refractivity contribution is 5.07. The van der Waals surface area contributed by atoms with Crippen LogP contribution in [0.4, 0.5) is 0 Å². The average Bonchev–Trinajstić information content (AvgIpc) is 2.18. The molecule has 14 heavy (non-hydrogen) atoms. The van der Waals surface area contributed by atoms with Crippen molar-refractivity contribution in [2.24, 2.45) is 0 Å². The zero-order chi connectivity index (χ0) is 10.7. The normalized spacial score (nSPS) is 37.9. The van der Waals surface area contributed by atoms with Gasteiger partial charge in [0.15, 0.2) is 5.60 Å². The summed E-state index contributed by atoms with van der Waals surface area (Å²) in [7, 11) is 0. The number of rotatable bonds is 3. The molecule has 1 rings (SSSR count). The molecule has 0 aromatic rings. The minimum absolute atomic E-state index is 0.191. The van der Waals surface area contributed by atoms with Gasteiger partial charge < -0.3 is 9.47 Å². The molecule has 1 aliphatic heterocycles. The summed E-state index contributed by atoms with van der Waals surface area (Å²) in [4.78, 5) is 0. The fourth-order valence-electron chi connectivity index (χ4n) is 1.96. The molecule has 0 aliphatic carbocycles. The number of nitriles is 1. The summed E-state index contributed by atoms with van der Waals surface area (Å²) < 4.78 is 11.3. The average molecular weight is 197 g/mol. The highest BCUT2D eigenvalue weighted by atomic mass is 16.5. The predicted octanol–water partition coefficient (Wildman–Crippen LogP) is 2.26. The van der Waals surface area contributed by atoms with Crippen LogP contribution in [0.15, 0.2) is 0 Å². The molecule has 3 nitrogen and oxygen atoms in total. The van der Waals surface area contributed by atoms with Crippen LogP contribution in [0, 0.1) is 11.3 Å². The van der Waals surface area contributed by atoms with Crippen LogP contribution >= 0.6 is 0 Å². The minimum Gasteiger partial charge on any atom is -0.375 e. The van der Waals surface area contributed by atoms with Crippen molar-refractivity contribution in [2.45, 2.75) is 51.2 Å². The highest BCUT2D eigenvalue weighted by Crippen LogP contribution is 2.36. The minimum atomic E-state index is -0.613. The first-order chi connectivity index (χ1) is 6.60. The first kappa shape index (κ1) is 11.5. The Kier molecular flexibility index (Phi) is 3.52. The van der Waals surface area contributed by atoms with Gasteiger partial charge in [-0.2, -0.15) is 5.26 Å². The SMILES string of the molecule is CCOC1(C#N)CCOC(C)(CC)C1.